The maximum Gasteiger partial charge on any atom is 0.314 e. The summed E-state index contributed by atoms with van der Waals surface area (Å²) in [6.45, 7) is 3.56. The van der Waals surface area contributed by atoms with Crippen LogP contribution in [0.5, 0.6) is 0 Å². The first-order valence-corrected chi connectivity index (χ1v) is 9.95. The lowest BCUT2D eigenvalue weighted by Gasteiger charge is -2.15. The molecule has 2 amide bonds. The van der Waals surface area contributed by atoms with Gasteiger partial charge in [0.05, 0.1) is 24.5 Å². The number of nitrogens with zero attached hydrogens (tertiary/aromatic N) is 5. The van der Waals surface area contributed by atoms with E-state index >= 15 is 0 Å². The molecule has 0 spiro atoms. The van der Waals surface area contributed by atoms with Crippen molar-refractivity contribution in [2.45, 2.75) is 26.1 Å². The summed E-state index contributed by atoms with van der Waals surface area (Å²) in [6.07, 6.45) is 6.00. The molecule has 1 aromatic carbocycles. The van der Waals surface area contributed by atoms with E-state index in [4.69, 9.17) is 0 Å². The number of benzene rings is 1. The Hall–Kier alpha value is -3.50. The summed E-state index contributed by atoms with van der Waals surface area (Å²) < 4.78 is 3.50. The third-order valence-electron chi connectivity index (χ3n) is 4.51. The topological polar surface area (TPSA) is 117 Å². The normalized spacial score (nSPS) is 12.0. The number of anilines is 2. The third-order valence-corrected chi connectivity index (χ3v) is 4.51. The average molecular weight is 425 g/mol. The first-order chi connectivity index (χ1) is 14.9. The van der Waals surface area contributed by atoms with Crippen LogP contribution in [-0.2, 0) is 22.7 Å². The highest BCUT2D eigenvalue weighted by Crippen LogP contribution is 2.21. The van der Waals surface area contributed by atoms with E-state index in [1.165, 1.54) is 10.9 Å². The fourth-order valence-electron chi connectivity index (χ4n) is 3.16. The van der Waals surface area contributed by atoms with E-state index in [9.17, 15) is 14.7 Å². The molecule has 0 saturated heterocycles. The number of likely N-dealkylation sites (N-methyl/N-ethyl adjacent to an activating group) is 1. The van der Waals surface area contributed by atoms with E-state index in [0.717, 1.165) is 17.9 Å². The minimum absolute atomic E-state index is 0.278. The standard InChI is InChI=1S/C21H27N7O3/c1-4-27-9-8-22-19(27)15-6-5-7-16(10-15)24-20(30)21(31)25-17-11-23-28(12-17)14-18(29)13-26(2)3/h5-12,18,29H,4,13-14H2,1-3H3,(H,24,30)(H,25,31)/t18-/m1/s1. The van der Waals surface area contributed by atoms with Gasteiger partial charge in [-0.25, -0.2) is 4.98 Å². The summed E-state index contributed by atoms with van der Waals surface area (Å²) in [5.41, 5.74) is 1.70. The number of imidazole rings is 1. The van der Waals surface area contributed by atoms with Gasteiger partial charge in [0.1, 0.15) is 5.82 Å². The lowest BCUT2D eigenvalue weighted by Crippen LogP contribution is -2.30. The Morgan fingerprint density at radius 1 is 1.19 bits per heavy atom. The Bertz CT molecular complexity index is 1040. The van der Waals surface area contributed by atoms with Crippen LogP contribution in [0, 0.1) is 0 Å². The molecule has 0 radical (unpaired) electrons. The van der Waals surface area contributed by atoms with Gasteiger partial charge in [0.25, 0.3) is 0 Å². The highest BCUT2D eigenvalue weighted by atomic mass is 16.3. The number of aryl methyl sites for hydroxylation is 1. The second-order valence-electron chi connectivity index (χ2n) is 7.39. The minimum Gasteiger partial charge on any atom is -0.390 e. The van der Waals surface area contributed by atoms with Crippen LogP contribution in [0.2, 0.25) is 0 Å². The third kappa shape index (κ3) is 6.00. The smallest absolute Gasteiger partial charge is 0.314 e. The second kappa shape index (κ2) is 10.0. The zero-order valence-electron chi connectivity index (χ0n) is 17.8. The quantitative estimate of drug-likeness (QED) is 0.468. The van der Waals surface area contributed by atoms with Crippen LogP contribution in [-0.4, -0.2) is 67.9 Å². The zero-order chi connectivity index (χ0) is 22.4. The van der Waals surface area contributed by atoms with Crippen molar-refractivity contribution in [2.24, 2.45) is 0 Å². The van der Waals surface area contributed by atoms with E-state index in [-0.39, 0.29) is 6.54 Å². The van der Waals surface area contributed by atoms with Crippen molar-refractivity contribution >= 4 is 23.2 Å². The molecule has 3 rings (SSSR count). The monoisotopic (exact) mass is 425 g/mol. The maximum absolute atomic E-state index is 12.3. The summed E-state index contributed by atoms with van der Waals surface area (Å²) in [4.78, 5) is 30.8. The van der Waals surface area contributed by atoms with Crippen molar-refractivity contribution in [1.82, 2.24) is 24.2 Å². The van der Waals surface area contributed by atoms with E-state index in [1.807, 2.05) is 42.7 Å². The Kier molecular flexibility index (Phi) is 7.16. The van der Waals surface area contributed by atoms with Gasteiger partial charge in [-0.2, -0.15) is 5.10 Å². The van der Waals surface area contributed by atoms with E-state index in [1.54, 1.807) is 30.6 Å². The number of aliphatic hydroxyl groups is 1. The van der Waals surface area contributed by atoms with Crippen molar-refractivity contribution in [3.05, 3.63) is 49.1 Å². The summed E-state index contributed by atoms with van der Waals surface area (Å²) in [7, 11) is 3.73. The van der Waals surface area contributed by atoms with Gasteiger partial charge in [-0.15, -0.1) is 0 Å². The number of amides is 2. The zero-order valence-corrected chi connectivity index (χ0v) is 17.8. The molecule has 0 aliphatic carbocycles. The van der Waals surface area contributed by atoms with Crippen molar-refractivity contribution in [3.8, 4) is 11.4 Å². The Labute approximate surface area is 180 Å². The maximum atomic E-state index is 12.3. The number of carbonyl (C=O) groups is 2. The van der Waals surface area contributed by atoms with Crippen LogP contribution in [0.1, 0.15) is 6.92 Å². The van der Waals surface area contributed by atoms with E-state index < -0.39 is 17.9 Å². The second-order valence-corrected chi connectivity index (χ2v) is 7.39. The molecular weight excluding hydrogens is 398 g/mol. The molecule has 3 aromatic rings. The highest BCUT2D eigenvalue weighted by molar-refractivity contribution is 6.43. The van der Waals surface area contributed by atoms with Gasteiger partial charge < -0.3 is 25.2 Å². The first kappa shape index (κ1) is 22.2. The number of nitrogens with one attached hydrogen (secondary N) is 2. The molecule has 1 atom stereocenters. The van der Waals surface area contributed by atoms with Gasteiger partial charge >= 0.3 is 11.8 Å². The van der Waals surface area contributed by atoms with Gasteiger partial charge in [0.2, 0.25) is 0 Å². The van der Waals surface area contributed by atoms with Gasteiger partial charge in [-0.05, 0) is 33.2 Å². The van der Waals surface area contributed by atoms with E-state index in [0.29, 0.717) is 17.9 Å². The highest BCUT2D eigenvalue weighted by Gasteiger charge is 2.16. The van der Waals surface area contributed by atoms with Crippen molar-refractivity contribution in [2.75, 3.05) is 31.3 Å². The molecule has 0 aliphatic heterocycles. The van der Waals surface area contributed by atoms with Crippen LogP contribution < -0.4 is 10.6 Å². The molecule has 0 bridgehead atoms. The Morgan fingerprint density at radius 2 is 1.94 bits per heavy atom. The number of hydrogen-bond acceptors (Lipinski definition) is 6. The van der Waals surface area contributed by atoms with Gasteiger partial charge in [0.15, 0.2) is 0 Å². The number of aliphatic hydroxyl groups excluding tert-OH is 1. The van der Waals surface area contributed by atoms with Crippen molar-refractivity contribution in [3.63, 3.8) is 0 Å². The van der Waals surface area contributed by atoms with Gasteiger partial charge in [-0.1, -0.05) is 12.1 Å². The summed E-state index contributed by atoms with van der Waals surface area (Å²) in [5, 5.41) is 19.2. The molecule has 2 aromatic heterocycles. The van der Waals surface area contributed by atoms with Crippen LogP contribution in [0.15, 0.2) is 49.1 Å². The van der Waals surface area contributed by atoms with Crippen LogP contribution in [0.4, 0.5) is 11.4 Å². The summed E-state index contributed by atoms with van der Waals surface area (Å²) in [6, 6.07) is 7.16. The molecule has 164 valence electrons. The average Bonchev–Trinajstić information content (AvgIpc) is 3.36. The number of rotatable bonds is 8. The predicted molar refractivity (Wildman–Crippen MR) is 117 cm³/mol. The SMILES string of the molecule is CCn1ccnc1-c1cccc(NC(=O)C(=O)Nc2cnn(C[C@H](O)CN(C)C)c2)c1. The Morgan fingerprint density at radius 3 is 2.65 bits per heavy atom. The molecule has 10 nitrogen and oxygen atoms in total. The number of aromatic nitrogens is 4. The van der Waals surface area contributed by atoms with Crippen LogP contribution in [0.3, 0.4) is 0 Å². The minimum atomic E-state index is -0.811. The molecule has 0 aliphatic rings. The fraction of sp³-hybridized carbons (Fsp3) is 0.333. The fourth-order valence-corrected chi connectivity index (χ4v) is 3.16. The number of carbonyl (C=O) groups excluding carboxylic acids is 2. The van der Waals surface area contributed by atoms with Crippen LogP contribution >= 0.6 is 0 Å². The van der Waals surface area contributed by atoms with Crippen molar-refractivity contribution in [1.29, 1.82) is 0 Å². The molecule has 3 N–H and O–H groups in total. The molecule has 0 fully saturated rings. The van der Waals surface area contributed by atoms with Crippen LogP contribution in [0.25, 0.3) is 11.4 Å². The number of hydrogen-bond donors (Lipinski definition) is 3. The molecule has 0 saturated carbocycles. The molecule has 0 unspecified atom stereocenters. The molecule has 10 heteroatoms. The molecule has 31 heavy (non-hydrogen) atoms. The lowest BCUT2D eigenvalue weighted by molar-refractivity contribution is -0.132. The van der Waals surface area contributed by atoms with Gasteiger partial charge in [0, 0.05) is 42.9 Å². The predicted octanol–water partition coefficient (Wildman–Crippen LogP) is 1.27. The lowest BCUT2D eigenvalue weighted by atomic mass is 10.2. The molecule has 2 heterocycles. The largest absolute Gasteiger partial charge is 0.390 e. The Balaban J connectivity index is 1.59. The summed E-state index contributed by atoms with van der Waals surface area (Å²) in [5.74, 6) is -0.822. The molecular formula is C21H27N7O3. The van der Waals surface area contributed by atoms with E-state index in [2.05, 4.69) is 20.7 Å². The van der Waals surface area contributed by atoms with Gasteiger partial charge in [-0.3, -0.25) is 14.3 Å². The summed E-state index contributed by atoms with van der Waals surface area (Å²) >= 11 is 0. The first-order valence-electron chi connectivity index (χ1n) is 9.95. The van der Waals surface area contributed by atoms with Crippen molar-refractivity contribution < 1.29 is 14.7 Å².